The van der Waals surface area contributed by atoms with E-state index in [0.717, 1.165) is 22.6 Å². The molecule has 5 heteroatoms. The summed E-state index contributed by atoms with van der Waals surface area (Å²) in [4.78, 5) is 0. The largest absolute Gasteiger partial charge is 0.494 e. The topological polar surface area (TPSA) is 63.7 Å². The van der Waals surface area contributed by atoms with Crippen LogP contribution in [-0.2, 0) is 13.0 Å². The average Bonchev–Trinajstić information content (AvgIpc) is 2.83. The molecule has 1 aromatic carbocycles. The normalized spacial score (nSPS) is 10.1. The minimum absolute atomic E-state index is 0.366. The standard InChI is InChI=1S/C16H18N4O/c1-4-21-14-7-5-13(6-8-14)9-16-15(10-17)18-19-20(16)11-12(2)3/h5-8H,2,4,9,11H2,1,3H3. The van der Waals surface area contributed by atoms with Crippen LogP contribution in [0, 0.1) is 11.3 Å². The van der Waals surface area contributed by atoms with Gasteiger partial charge < -0.3 is 4.74 Å². The SMILES string of the molecule is C=C(C)Cn1nnc(C#N)c1Cc1ccc(OCC)cc1. The minimum Gasteiger partial charge on any atom is -0.494 e. The first kappa shape index (κ1) is 14.8. The van der Waals surface area contributed by atoms with Crippen LogP contribution in [0.1, 0.15) is 30.8 Å². The number of hydrogen-bond donors (Lipinski definition) is 0. The molecule has 0 atom stereocenters. The van der Waals surface area contributed by atoms with Crippen LogP contribution in [0.15, 0.2) is 36.4 Å². The highest BCUT2D eigenvalue weighted by atomic mass is 16.5. The lowest BCUT2D eigenvalue weighted by Gasteiger charge is -2.07. The molecule has 0 aliphatic heterocycles. The summed E-state index contributed by atoms with van der Waals surface area (Å²) in [6.45, 7) is 8.97. The van der Waals surface area contributed by atoms with Crippen molar-refractivity contribution in [2.24, 2.45) is 0 Å². The van der Waals surface area contributed by atoms with Gasteiger partial charge in [-0.1, -0.05) is 29.5 Å². The Hall–Kier alpha value is -2.61. The Morgan fingerprint density at radius 3 is 2.67 bits per heavy atom. The first-order chi connectivity index (χ1) is 10.1. The Bertz CT molecular complexity index is 665. The predicted molar refractivity (Wildman–Crippen MR) is 80.0 cm³/mol. The summed E-state index contributed by atoms with van der Waals surface area (Å²) >= 11 is 0. The van der Waals surface area contributed by atoms with E-state index in [0.29, 0.717) is 25.3 Å². The number of hydrogen-bond acceptors (Lipinski definition) is 4. The number of rotatable bonds is 6. The molecule has 0 bridgehead atoms. The summed E-state index contributed by atoms with van der Waals surface area (Å²) < 4.78 is 7.16. The van der Waals surface area contributed by atoms with Crippen LogP contribution < -0.4 is 4.74 Å². The van der Waals surface area contributed by atoms with Gasteiger partial charge in [0.2, 0.25) is 0 Å². The van der Waals surface area contributed by atoms with Crippen molar-refractivity contribution in [3.63, 3.8) is 0 Å². The molecular formula is C16H18N4O. The number of nitriles is 1. The average molecular weight is 282 g/mol. The van der Waals surface area contributed by atoms with Crippen molar-refractivity contribution in [2.45, 2.75) is 26.8 Å². The zero-order valence-corrected chi connectivity index (χ0v) is 12.3. The van der Waals surface area contributed by atoms with Gasteiger partial charge in [-0.3, -0.25) is 0 Å². The third kappa shape index (κ3) is 3.69. The van der Waals surface area contributed by atoms with Gasteiger partial charge in [0.25, 0.3) is 0 Å². The Kier molecular flexibility index (Phi) is 4.72. The van der Waals surface area contributed by atoms with Crippen molar-refractivity contribution in [3.05, 3.63) is 53.4 Å². The molecule has 108 valence electrons. The van der Waals surface area contributed by atoms with Crippen LogP contribution in [0.3, 0.4) is 0 Å². The van der Waals surface area contributed by atoms with E-state index >= 15 is 0 Å². The van der Waals surface area contributed by atoms with Crippen LogP contribution in [0.2, 0.25) is 0 Å². The summed E-state index contributed by atoms with van der Waals surface area (Å²) in [6.07, 6.45) is 0.607. The fourth-order valence-corrected chi connectivity index (χ4v) is 2.04. The molecule has 0 radical (unpaired) electrons. The zero-order chi connectivity index (χ0) is 15.2. The molecule has 21 heavy (non-hydrogen) atoms. The summed E-state index contributed by atoms with van der Waals surface area (Å²) in [6, 6.07) is 9.93. The number of nitrogens with zero attached hydrogens (tertiary/aromatic N) is 4. The van der Waals surface area contributed by atoms with Crippen LogP contribution in [0.25, 0.3) is 0 Å². The summed E-state index contributed by atoms with van der Waals surface area (Å²) in [5.41, 5.74) is 3.23. The van der Waals surface area contributed by atoms with E-state index in [2.05, 4.69) is 23.0 Å². The summed E-state index contributed by atoms with van der Waals surface area (Å²) in [5, 5.41) is 17.1. The van der Waals surface area contributed by atoms with Gasteiger partial charge in [-0.25, -0.2) is 4.68 Å². The van der Waals surface area contributed by atoms with E-state index < -0.39 is 0 Å². The zero-order valence-electron chi connectivity index (χ0n) is 12.3. The fraction of sp³-hybridized carbons (Fsp3) is 0.312. The quantitative estimate of drug-likeness (QED) is 0.764. The van der Waals surface area contributed by atoms with E-state index in [-0.39, 0.29) is 0 Å². The molecule has 2 rings (SSSR count). The molecule has 2 aromatic rings. The molecule has 1 aromatic heterocycles. The van der Waals surface area contributed by atoms with Crippen LogP contribution in [0.5, 0.6) is 5.75 Å². The van der Waals surface area contributed by atoms with Crippen LogP contribution in [-0.4, -0.2) is 21.6 Å². The van der Waals surface area contributed by atoms with Crippen molar-refractivity contribution in [1.82, 2.24) is 15.0 Å². The van der Waals surface area contributed by atoms with E-state index in [1.807, 2.05) is 38.1 Å². The van der Waals surface area contributed by atoms with Crippen LogP contribution >= 0.6 is 0 Å². The molecule has 0 saturated heterocycles. The highest BCUT2D eigenvalue weighted by molar-refractivity contribution is 5.34. The first-order valence-electron chi connectivity index (χ1n) is 6.82. The van der Waals surface area contributed by atoms with E-state index in [4.69, 9.17) is 10.00 Å². The molecule has 0 aliphatic carbocycles. The van der Waals surface area contributed by atoms with Crippen molar-refractivity contribution < 1.29 is 4.74 Å². The van der Waals surface area contributed by atoms with Gasteiger partial charge in [-0.05, 0) is 31.5 Å². The number of allylic oxidation sites excluding steroid dienone is 1. The van der Waals surface area contributed by atoms with E-state index in [9.17, 15) is 0 Å². The molecule has 0 N–H and O–H groups in total. The fourth-order valence-electron chi connectivity index (χ4n) is 2.04. The molecule has 5 nitrogen and oxygen atoms in total. The van der Waals surface area contributed by atoms with E-state index in [1.54, 1.807) is 4.68 Å². The highest BCUT2D eigenvalue weighted by Gasteiger charge is 2.13. The minimum atomic E-state index is 0.366. The molecule has 1 heterocycles. The maximum Gasteiger partial charge on any atom is 0.186 e. The van der Waals surface area contributed by atoms with Gasteiger partial charge in [-0.15, -0.1) is 5.10 Å². The smallest absolute Gasteiger partial charge is 0.186 e. The highest BCUT2D eigenvalue weighted by Crippen LogP contribution is 2.17. The maximum atomic E-state index is 9.15. The third-order valence-corrected chi connectivity index (χ3v) is 2.97. The third-order valence-electron chi connectivity index (χ3n) is 2.97. The van der Waals surface area contributed by atoms with Crippen molar-refractivity contribution in [1.29, 1.82) is 5.26 Å². The predicted octanol–water partition coefficient (Wildman–Crippen LogP) is 2.72. The van der Waals surface area contributed by atoms with E-state index in [1.165, 1.54) is 0 Å². The van der Waals surface area contributed by atoms with Gasteiger partial charge in [0.05, 0.1) is 18.8 Å². The Balaban J connectivity index is 2.23. The number of ether oxygens (including phenoxy) is 1. The molecule has 0 fully saturated rings. The first-order valence-corrected chi connectivity index (χ1v) is 6.82. The van der Waals surface area contributed by atoms with Crippen molar-refractivity contribution in [2.75, 3.05) is 6.61 Å². The van der Waals surface area contributed by atoms with Gasteiger partial charge in [0.1, 0.15) is 11.8 Å². The second-order valence-corrected chi connectivity index (χ2v) is 4.87. The second kappa shape index (κ2) is 6.71. The van der Waals surface area contributed by atoms with Crippen molar-refractivity contribution >= 4 is 0 Å². The summed E-state index contributed by atoms with van der Waals surface area (Å²) in [5.74, 6) is 0.843. The Morgan fingerprint density at radius 1 is 1.38 bits per heavy atom. The molecule has 0 aliphatic rings. The second-order valence-electron chi connectivity index (χ2n) is 4.87. The Labute approximate surface area is 124 Å². The van der Waals surface area contributed by atoms with Gasteiger partial charge >= 0.3 is 0 Å². The Morgan fingerprint density at radius 2 is 2.10 bits per heavy atom. The molecule has 0 saturated carbocycles. The maximum absolute atomic E-state index is 9.15. The number of benzene rings is 1. The van der Waals surface area contributed by atoms with Gasteiger partial charge in [0, 0.05) is 6.42 Å². The van der Waals surface area contributed by atoms with Crippen LogP contribution in [0.4, 0.5) is 0 Å². The lowest BCUT2D eigenvalue weighted by molar-refractivity contribution is 0.340. The molecule has 0 amide bonds. The van der Waals surface area contributed by atoms with Crippen molar-refractivity contribution in [3.8, 4) is 11.8 Å². The molecule has 0 spiro atoms. The lowest BCUT2D eigenvalue weighted by Crippen LogP contribution is -2.07. The molecule has 0 unspecified atom stereocenters. The number of aromatic nitrogens is 3. The summed E-state index contributed by atoms with van der Waals surface area (Å²) in [7, 11) is 0. The lowest BCUT2D eigenvalue weighted by atomic mass is 10.1. The van der Waals surface area contributed by atoms with Gasteiger partial charge in [-0.2, -0.15) is 5.26 Å². The molecular weight excluding hydrogens is 264 g/mol. The van der Waals surface area contributed by atoms with Gasteiger partial charge in [0.15, 0.2) is 5.69 Å². The monoisotopic (exact) mass is 282 g/mol.